The van der Waals surface area contributed by atoms with E-state index in [4.69, 9.17) is 0 Å². The van der Waals surface area contributed by atoms with E-state index in [2.05, 4.69) is 20.8 Å². The van der Waals surface area contributed by atoms with Crippen LogP contribution in [0.15, 0.2) is 73.1 Å². The summed E-state index contributed by atoms with van der Waals surface area (Å²) in [6, 6.07) is 17.1. The van der Waals surface area contributed by atoms with E-state index in [0.717, 1.165) is 24.1 Å². The molecule has 0 bridgehead atoms. The number of aromatic nitrogens is 4. The number of rotatable bonds is 7. The monoisotopic (exact) mass is 444 g/mol. The minimum absolute atomic E-state index is 0.0188. The molecule has 2 N–H and O–H groups in total. The Bertz CT molecular complexity index is 1310. The lowest BCUT2D eigenvalue weighted by Gasteiger charge is -2.08. The molecule has 9 heteroatoms. The Morgan fingerprint density at radius 1 is 1.03 bits per heavy atom. The van der Waals surface area contributed by atoms with Crippen LogP contribution >= 0.6 is 0 Å². The van der Waals surface area contributed by atoms with Gasteiger partial charge in [0.25, 0.3) is 5.91 Å². The predicted octanol–water partition coefficient (Wildman–Crippen LogP) is 3.86. The Morgan fingerprint density at radius 3 is 2.61 bits per heavy atom. The minimum Gasteiger partial charge on any atom is -0.318 e. The Morgan fingerprint density at radius 2 is 1.85 bits per heavy atom. The highest BCUT2D eigenvalue weighted by Crippen LogP contribution is 2.30. The van der Waals surface area contributed by atoms with Gasteiger partial charge in [0, 0.05) is 18.2 Å². The minimum atomic E-state index is -0.433. The highest BCUT2D eigenvalue weighted by atomic mass is 19.1. The molecule has 2 amide bonds. The first kappa shape index (κ1) is 20.6. The van der Waals surface area contributed by atoms with Crippen molar-refractivity contribution in [3.63, 3.8) is 0 Å². The molecule has 2 aromatic carbocycles. The van der Waals surface area contributed by atoms with Gasteiger partial charge in [0.1, 0.15) is 11.6 Å². The van der Waals surface area contributed by atoms with Crippen molar-refractivity contribution in [1.82, 2.24) is 19.6 Å². The van der Waals surface area contributed by atoms with Crippen molar-refractivity contribution in [3.8, 4) is 5.69 Å². The molecule has 1 aliphatic carbocycles. The summed E-state index contributed by atoms with van der Waals surface area (Å²) in [6.45, 7) is 0.369. The van der Waals surface area contributed by atoms with Gasteiger partial charge >= 0.3 is 0 Å². The zero-order chi connectivity index (χ0) is 22.8. The smallest absolute Gasteiger partial charge is 0.276 e. The number of para-hydroxylation sites is 1. The van der Waals surface area contributed by atoms with Crippen LogP contribution in [-0.2, 0) is 11.3 Å². The molecule has 1 saturated carbocycles. The van der Waals surface area contributed by atoms with E-state index < -0.39 is 5.91 Å². The number of hydrogen-bond acceptors (Lipinski definition) is 4. The Balaban J connectivity index is 1.33. The number of halogens is 1. The summed E-state index contributed by atoms with van der Waals surface area (Å²) in [5, 5.41) is 14.3. The summed E-state index contributed by atoms with van der Waals surface area (Å²) in [4.78, 5) is 25.2. The second kappa shape index (κ2) is 8.70. The summed E-state index contributed by atoms with van der Waals surface area (Å²) in [5.41, 5.74) is 2.12. The number of carbonyl (C=O) groups is 2. The van der Waals surface area contributed by atoms with Gasteiger partial charge < -0.3 is 10.6 Å². The number of carbonyl (C=O) groups excluding carboxylic acids is 2. The van der Waals surface area contributed by atoms with Crippen LogP contribution in [0.3, 0.4) is 0 Å². The van der Waals surface area contributed by atoms with Gasteiger partial charge in [-0.3, -0.25) is 14.3 Å². The topological polar surface area (TPSA) is 93.8 Å². The van der Waals surface area contributed by atoms with Crippen LogP contribution < -0.4 is 10.6 Å². The molecule has 4 aromatic rings. The van der Waals surface area contributed by atoms with Crippen molar-refractivity contribution < 1.29 is 14.0 Å². The van der Waals surface area contributed by atoms with Crippen LogP contribution in [0.5, 0.6) is 0 Å². The average Bonchev–Trinajstić information content (AvgIpc) is 3.45. The lowest BCUT2D eigenvalue weighted by Crippen LogP contribution is -2.16. The average molecular weight is 444 g/mol. The van der Waals surface area contributed by atoms with E-state index in [1.807, 2.05) is 30.3 Å². The van der Waals surface area contributed by atoms with Crippen LogP contribution in [0.2, 0.25) is 0 Å². The maximum atomic E-state index is 13.4. The molecule has 0 unspecified atom stereocenters. The predicted molar refractivity (Wildman–Crippen MR) is 121 cm³/mol. The fraction of sp³-hybridized carbons (Fsp3) is 0.167. The molecule has 2 heterocycles. The molecule has 166 valence electrons. The molecule has 5 rings (SSSR count). The molecular weight excluding hydrogens is 423 g/mol. The van der Waals surface area contributed by atoms with Crippen LogP contribution in [0, 0.1) is 11.7 Å². The number of nitrogens with one attached hydrogen (secondary N) is 2. The molecule has 0 saturated heterocycles. The highest BCUT2D eigenvalue weighted by Gasteiger charge is 2.30. The van der Waals surface area contributed by atoms with Crippen LogP contribution in [0.25, 0.3) is 5.69 Å². The molecule has 1 fully saturated rings. The second-order valence-corrected chi connectivity index (χ2v) is 7.94. The van der Waals surface area contributed by atoms with Crippen molar-refractivity contribution in [2.24, 2.45) is 5.92 Å². The van der Waals surface area contributed by atoms with Crippen LogP contribution in [-0.4, -0.2) is 31.4 Å². The molecule has 1 aliphatic rings. The molecule has 8 nitrogen and oxygen atoms in total. The fourth-order valence-corrected chi connectivity index (χ4v) is 3.45. The van der Waals surface area contributed by atoms with E-state index in [0.29, 0.717) is 18.1 Å². The Kier molecular flexibility index (Phi) is 5.43. The van der Waals surface area contributed by atoms with Gasteiger partial charge in [-0.05, 0) is 42.7 Å². The SMILES string of the molecule is O=C(Nc1cnn(Cc2cccc(F)c2)c1)c1cc(NC(=O)C2CC2)n(-c2ccccc2)n1. The van der Waals surface area contributed by atoms with Crippen molar-refractivity contribution in [1.29, 1.82) is 0 Å². The lowest BCUT2D eigenvalue weighted by atomic mass is 10.2. The van der Waals surface area contributed by atoms with Crippen LogP contribution in [0.4, 0.5) is 15.9 Å². The van der Waals surface area contributed by atoms with Crippen molar-refractivity contribution in [2.45, 2.75) is 19.4 Å². The second-order valence-electron chi connectivity index (χ2n) is 7.94. The molecule has 0 radical (unpaired) electrons. The third kappa shape index (κ3) is 4.82. The van der Waals surface area contributed by atoms with Crippen molar-refractivity contribution >= 4 is 23.3 Å². The van der Waals surface area contributed by atoms with Gasteiger partial charge in [0.15, 0.2) is 5.69 Å². The van der Waals surface area contributed by atoms with Gasteiger partial charge in [-0.2, -0.15) is 10.2 Å². The summed E-state index contributed by atoms with van der Waals surface area (Å²) in [6.07, 6.45) is 4.92. The third-order valence-corrected chi connectivity index (χ3v) is 5.27. The normalized spacial score (nSPS) is 13.0. The summed E-state index contributed by atoms with van der Waals surface area (Å²) < 4.78 is 16.5. The Hall–Kier alpha value is -4.27. The van der Waals surface area contributed by atoms with Crippen molar-refractivity contribution in [2.75, 3.05) is 10.6 Å². The number of hydrogen-bond donors (Lipinski definition) is 2. The summed E-state index contributed by atoms with van der Waals surface area (Å²) >= 11 is 0. The molecular formula is C24H21FN6O2. The summed E-state index contributed by atoms with van der Waals surface area (Å²) in [7, 11) is 0. The molecule has 0 spiro atoms. The van der Waals surface area contributed by atoms with E-state index in [1.165, 1.54) is 18.3 Å². The number of amides is 2. The third-order valence-electron chi connectivity index (χ3n) is 5.27. The first-order chi connectivity index (χ1) is 16.0. The number of benzene rings is 2. The van der Waals surface area contributed by atoms with Crippen molar-refractivity contribution in [3.05, 3.63) is 90.1 Å². The highest BCUT2D eigenvalue weighted by molar-refractivity contribution is 6.04. The van der Waals surface area contributed by atoms with Gasteiger partial charge in [-0.1, -0.05) is 30.3 Å². The Labute approximate surface area is 189 Å². The molecule has 0 aliphatic heterocycles. The zero-order valence-electron chi connectivity index (χ0n) is 17.6. The molecule has 33 heavy (non-hydrogen) atoms. The largest absolute Gasteiger partial charge is 0.318 e. The van der Waals surface area contributed by atoms with Gasteiger partial charge in [0.05, 0.1) is 24.1 Å². The first-order valence-electron chi connectivity index (χ1n) is 10.6. The van der Waals surface area contributed by atoms with E-state index in [9.17, 15) is 14.0 Å². The van der Waals surface area contributed by atoms with Crippen LogP contribution in [0.1, 0.15) is 28.9 Å². The van der Waals surface area contributed by atoms with Gasteiger partial charge in [0.2, 0.25) is 5.91 Å². The maximum absolute atomic E-state index is 13.4. The quantitative estimate of drug-likeness (QED) is 0.453. The zero-order valence-corrected chi connectivity index (χ0v) is 17.6. The summed E-state index contributed by atoms with van der Waals surface area (Å²) in [5.74, 6) is -0.364. The van der Waals surface area contributed by atoms with E-state index in [-0.39, 0.29) is 23.3 Å². The number of anilines is 2. The van der Waals surface area contributed by atoms with E-state index in [1.54, 1.807) is 33.8 Å². The molecule has 2 aromatic heterocycles. The van der Waals surface area contributed by atoms with Gasteiger partial charge in [-0.15, -0.1) is 0 Å². The van der Waals surface area contributed by atoms with E-state index >= 15 is 0 Å². The van der Waals surface area contributed by atoms with Gasteiger partial charge in [-0.25, -0.2) is 9.07 Å². The maximum Gasteiger partial charge on any atom is 0.276 e. The number of nitrogens with zero attached hydrogens (tertiary/aromatic N) is 4. The standard InChI is InChI=1S/C24H21FN6O2/c25-18-6-4-5-16(11-18)14-30-15-19(13-26-30)27-24(33)21-12-22(28-23(32)17-9-10-17)31(29-21)20-7-2-1-3-8-20/h1-8,11-13,15,17H,9-10,14H2,(H,27,33)(H,28,32). The first-order valence-corrected chi connectivity index (χ1v) is 10.6. The molecule has 0 atom stereocenters. The lowest BCUT2D eigenvalue weighted by molar-refractivity contribution is -0.117. The fourth-order valence-electron chi connectivity index (χ4n) is 3.45.